The first-order valence-electron chi connectivity index (χ1n) is 6.62. The van der Waals surface area contributed by atoms with Gasteiger partial charge in [-0.05, 0) is 39.5 Å². The molecular formula is C13H21NO4. The maximum atomic E-state index is 12.5. The van der Waals surface area contributed by atoms with Gasteiger partial charge in [0.15, 0.2) is 0 Å². The number of aliphatic carboxylic acids is 1. The number of carbonyl (C=O) groups excluding carboxylic acids is 1. The molecule has 102 valence electrons. The third-order valence-electron chi connectivity index (χ3n) is 4.16. The highest BCUT2D eigenvalue weighted by Gasteiger charge is 2.43. The largest absolute Gasteiger partial charge is 0.481 e. The molecule has 0 saturated carbocycles. The molecule has 5 nitrogen and oxygen atoms in total. The molecule has 2 heterocycles. The molecule has 2 rings (SSSR count). The van der Waals surface area contributed by atoms with Gasteiger partial charge in [0.1, 0.15) is 5.60 Å². The summed E-state index contributed by atoms with van der Waals surface area (Å²) in [4.78, 5) is 25.2. The number of rotatable bonds is 2. The standard InChI is InChI=1S/C13H21NO4/c1-9-8-10(11(15)16)4-6-14(9)12(17)13(2)5-3-7-18-13/h9-10H,3-8H2,1-2H3,(H,15,16). The van der Waals surface area contributed by atoms with Crippen molar-refractivity contribution < 1.29 is 19.4 Å². The number of likely N-dealkylation sites (tertiary alicyclic amines) is 1. The van der Waals surface area contributed by atoms with Crippen LogP contribution in [-0.4, -0.2) is 46.7 Å². The third kappa shape index (κ3) is 2.36. The fraction of sp³-hybridized carbons (Fsp3) is 0.846. The van der Waals surface area contributed by atoms with Crippen molar-refractivity contribution in [3.63, 3.8) is 0 Å². The van der Waals surface area contributed by atoms with Gasteiger partial charge in [-0.25, -0.2) is 0 Å². The lowest BCUT2D eigenvalue weighted by Crippen LogP contribution is -2.53. The highest BCUT2D eigenvalue weighted by molar-refractivity contribution is 5.85. The quantitative estimate of drug-likeness (QED) is 0.807. The Kier molecular flexibility index (Phi) is 3.61. The van der Waals surface area contributed by atoms with E-state index < -0.39 is 11.6 Å². The minimum absolute atomic E-state index is 0.0200. The highest BCUT2D eigenvalue weighted by Crippen LogP contribution is 2.31. The Balaban J connectivity index is 2.02. The van der Waals surface area contributed by atoms with Crippen LogP contribution in [0.3, 0.4) is 0 Å². The molecule has 5 heteroatoms. The Hall–Kier alpha value is -1.10. The van der Waals surface area contributed by atoms with Gasteiger partial charge in [0.05, 0.1) is 5.92 Å². The van der Waals surface area contributed by atoms with Gasteiger partial charge in [0.2, 0.25) is 0 Å². The normalized spacial score (nSPS) is 36.7. The lowest BCUT2D eigenvalue weighted by atomic mass is 9.89. The van der Waals surface area contributed by atoms with E-state index in [1.807, 2.05) is 13.8 Å². The summed E-state index contributed by atoms with van der Waals surface area (Å²) in [7, 11) is 0. The first kappa shape index (κ1) is 13.3. The zero-order valence-corrected chi connectivity index (χ0v) is 11.0. The fourth-order valence-electron chi connectivity index (χ4n) is 2.95. The molecule has 0 aromatic carbocycles. The van der Waals surface area contributed by atoms with Gasteiger partial charge in [-0.15, -0.1) is 0 Å². The van der Waals surface area contributed by atoms with Gasteiger partial charge >= 0.3 is 5.97 Å². The monoisotopic (exact) mass is 255 g/mol. The molecule has 1 amide bonds. The molecule has 3 atom stereocenters. The van der Waals surface area contributed by atoms with Gasteiger partial charge in [-0.3, -0.25) is 9.59 Å². The number of carbonyl (C=O) groups is 2. The summed E-state index contributed by atoms with van der Waals surface area (Å²) in [6.45, 7) is 4.93. The molecule has 2 aliphatic heterocycles. The average molecular weight is 255 g/mol. The highest BCUT2D eigenvalue weighted by atomic mass is 16.5. The lowest BCUT2D eigenvalue weighted by Gasteiger charge is -2.40. The molecule has 0 bridgehead atoms. The lowest BCUT2D eigenvalue weighted by molar-refractivity contribution is -0.158. The summed E-state index contributed by atoms with van der Waals surface area (Å²) in [6.07, 6.45) is 2.76. The molecule has 0 aliphatic carbocycles. The van der Waals surface area contributed by atoms with Crippen LogP contribution >= 0.6 is 0 Å². The molecule has 2 saturated heterocycles. The molecule has 0 radical (unpaired) electrons. The van der Waals surface area contributed by atoms with Crippen molar-refractivity contribution in [2.75, 3.05) is 13.2 Å². The van der Waals surface area contributed by atoms with E-state index in [4.69, 9.17) is 9.84 Å². The maximum absolute atomic E-state index is 12.5. The van der Waals surface area contributed by atoms with Gasteiger partial charge in [-0.1, -0.05) is 0 Å². The van der Waals surface area contributed by atoms with E-state index in [0.29, 0.717) is 26.0 Å². The van der Waals surface area contributed by atoms with Crippen molar-refractivity contribution in [2.24, 2.45) is 5.92 Å². The van der Waals surface area contributed by atoms with Crippen LogP contribution in [0.4, 0.5) is 0 Å². The predicted molar refractivity (Wildman–Crippen MR) is 65.1 cm³/mol. The average Bonchev–Trinajstić information content (AvgIpc) is 2.76. The van der Waals surface area contributed by atoms with Crippen LogP contribution in [0.1, 0.15) is 39.5 Å². The van der Waals surface area contributed by atoms with E-state index in [9.17, 15) is 9.59 Å². The Morgan fingerprint density at radius 2 is 2.17 bits per heavy atom. The number of carboxylic acids is 1. The minimum atomic E-state index is -0.753. The second-order valence-electron chi connectivity index (χ2n) is 5.59. The summed E-state index contributed by atoms with van der Waals surface area (Å²) in [5, 5.41) is 9.01. The molecule has 1 N–H and O–H groups in total. The molecule has 0 aromatic heterocycles. The van der Waals surface area contributed by atoms with Crippen LogP contribution in [0, 0.1) is 5.92 Å². The van der Waals surface area contributed by atoms with E-state index in [-0.39, 0.29) is 17.9 Å². The number of ether oxygens (including phenoxy) is 1. The van der Waals surface area contributed by atoms with Gasteiger partial charge < -0.3 is 14.7 Å². The molecule has 0 aromatic rings. The van der Waals surface area contributed by atoms with Gasteiger partial charge in [0, 0.05) is 19.2 Å². The molecule has 3 unspecified atom stereocenters. The first-order valence-corrected chi connectivity index (χ1v) is 6.62. The number of amides is 1. The molecule has 2 aliphatic rings. The smallest absolute Gasteiger partial charge is 0.306 e. The number of hydrogen-bond donors (Lipinski definition) is 1. The van der Waals surface area contributed by atoms with Crippen LogP contribution in [0.15, 0.2) is 0 Å². The van der Waals surface area contributed by atoms with E-state index in [0.717, 1.165) is 12.8 Å². The van der Waals surface area contributed by atoms with Crippen LogP contribution in [0.5, 0.6) is 0 Å². The minimum Gasteiger partial charge on any atom is -0.481 e. The Morgan fingerprint density at radius 3 is 2.67 bits per heavy atom. The number of nitrogens with zero attached hydrogens (tertiary/aromatic N) is 1. The summed E-state index contributed by atoms with van der Waals surface area (Å²) < 4.78 is 5.57. The number of carboxylic acid groups (broad SMARTS) is 1. The molecular weight excluding hydrogens is 234 g/mol. The van der Waals surface area contributed by atoms with E-state index in [1.165, 1.54) is 0 Å². The van der Waals surface area contributed by atoms with E-state index >= 15 is 0 Å². The van der Waals surface area contributed by atoms with Crippen molar-refractivity contribution >= 4 is 11.9 Å². The number of piperidine rings is 1. The van der Waals surface area contributed by atoms with Crippen LogP contribution in [-0.2, 0) is 14.3 Å². The Bertz CT molecular complexity index is 349. The second kappa shape index (κ2) is 4.88. The Morgan fingerprint density at radius 1 is 1.44 bits per heavy atom. The van der Waals surface area contributed by atoms with Crippen LogP contribution in [0.25, 0.3) is 0 Å². The third-order valence-corrected chi connectivity index (χ3v) is 4.16. The fourth-order valence-corrected chi connectivity index (χ4v) is 2.95. The van der Waals surface area contributed by atoms with Crippen molar-refractivity contribution in [3.8, 4) is 0 Å². The predicted octanol–water partition coefficient (Wildman–Crippen LogP) is 1.27. The van der Waals surface area contributed by atoms with Gasteiger partial charge in [0.25, 0.3) is 5.91 Å². The zero-order chi connectivity index (χ0) is 13.3. The van der Waals surface area contributed by atoms with Crippen molar-refractivity contribution in [1.29, 1.82) is 0 Å². The van der Waals surface area contributed by atoms with Crippen molar-refractivity contribution in [3.05, 3.63) is 0 Å². The van der Waals surface area contributed by atoms with E-state index in [1.54, 1.807) is 4.90 Å². The molecule has 2 fully saturated rings. The van der Waals surface area contributed by atoms with Gasteiger partial charge in [-0.2, -0.15) is 0 Å². The molecule has 18 heavy (non-hydrogen) atoms. The SMILES string of the molecule is CC1CC(C(=O)O)CCN1C(=O)C1(C)CCCO1. The zero-order valence-electron chi connectivity index (χ0n) is 11.0. The summed E-state index contributed by atoms with van der Waals surface area (Å²) in [5.74, 6) is -1.05. The van der Waals surface area contributed by atoms with Crippen LogP contribution in [0.2, 0.25) is 0 Å². The number of hydrogen-bond acceptors (Lipinski definition) is 3. The first-order chi connectivity index (χ1) is 8.44. The van der Waals surface area contributed by atoms with Crippen molar-refractivity contribution in [1.82, 2.24) is 4.90 Å². The summed E-state index contributed by atoms with van der Waals surface area (Å²) in [6, 6.07) is -0.0200. The van der Waals surface area contributed by atoms with Crippen molar-refractivity contribution in [2.45, 2.75) is 51.2 Å². The molecule has 0 spiro atoms. The topological polar surface area (TPSA) is 66.8 Å². The maximum Gasteiger partial charge on any atom is 0.306 e. The summed E-state index contributed by atoms with van der Waals surface area (Å²) >= 11 is 0. The second-order valence-corrected chi connectivity index (χ2v) is 5.59. The van der Waals surface area contributed by atoms with E-state index in [2.05, 4.69) is 0 Å². The summed E-state index contributed by atoms with van der Waals surface area (Å²) in [5.41, 5.74) is -0.690. The van der Waals surface area contributed by atoms with Crippen LogP contribution < -0.4 is 0 Å². The Labute approximate surface area is 107 Å².